The third-order valence-electron chi connectivity index (χ3n) is 4.08. The first kappa shape index (κ1) is 16.6. The summed E-state index contributed by atoms with van der Waals surface area (Å²) in [4.78, 5) is 12.8. The topological polar surface area (TPSA) is 43.3 Å². The number of carbonyl (C=O) groups excluding carboxylic acids is 1. The molecule has 3 aromatic rings. The Morgan fingerprint density at radius 1 is 1.21 bits per heavy atom. The van der Waals surface area contributed by atoms with Crippen LogP contribution in [0.25, 0.3) is 10.9 Å². The lowest BCUT2D eigenvalue weighted by Gasteiger charge is -2.18. The van der Waals surface area contributed by atoms with Gasteiger partial charge in [0.1, 0.15) is 5.69 Å². The van der Waals surface area contributed by atoms with Crippen LogP contribution in [0.3, 0.4) is 0 Å². The second-order valence-corrected chi connectivity index (χ2v) is 6.12. The molecule has 0 aliphatic rings. The van der Waals surface area contributed by atoms with Crippen molar-refractivity contribution in [2.45, 2.75) is 6.04 Å². The number of ether oxygens (including phenoxy) is 1. The minimum Gasteiger partial charge on any atom is -0.382 e. The Kier molecular flexibility index (Phi) is 4.88. The van der Waals surface area contributed by atoms with E-state index in [2.05, 4.69) is 5.32 Å². The molecular formula is C19H19ClN2O2. The predicted octanol–water partition coefficient (Wildman–Crippen LogP) is 3.95. The highest BCUT2D eigenvalue weighted by molar-refractivity contribution is 6.31. The van der Waals surface area contributed by atoms with Crippen LogP contribution in [0.2, 0.25) is 5.02 Å². The number of hydrogen-bond acceptors (Lipinski definition) is 2. The molecule has 124 valence electrons. The van der Waals surface area contributed by atoms with E-state index in [4.69, 9.17) is 16.3 Å². The number of rotatable bonds is 5. The van der Waals surface area contributed by atoms with E-state index in [1.807, 2.05) is 66.2 Å². The van der Waals surface area contributed by atoms with Gasteiger partial charge >= 0.3 is 0 Å². The maximum Gasteiger partial charge on any atom is 0.268 e. The van der Waals surface area contributed by atoms with E-state index in [1.165, 1.54) is 0 Å². The van der Waals surface area contributed by atoms with Gasteiger partial charge in [0.05, 0.1) is 12.6 Å². The van der Waals surface area contributed by atoms with Gasteiger partial charge in [-0.2, -0.15) is 0 Å². The average molecular weight is 343 g/mol. The predicted molar refractivity (Wildman–Crippen MR) is 96.5 cm³/mol. The number of nitrogens with zero attached hydrogens (tertiary/aromatic N) is 1. The summed E-state index contributed by atoms with van der Waals surface area (Å²) >= 11 is 6.04. The number of halogens is 1. The lowest BCUT2D eigenvalue weighted by molar-refractivity contribution is 0.0889. The van der Waals surface area contributed by atoms with Gasteiger partial charge in [-0.1, -0.05) is 41.9 Å². The Hall–Kier alpha value is -2.30. The molecule has 1 atom stereocenters. The molecule has 5 heteroatoms. The summed E-state index contributed by atoms with van der Waals surface area (Å²) in [7, 11) is 3.50. The Morgan fingerprint density at radius 2 is 1.96 bits per heavy atom. The van der Waals surface area contributed by atoms with E-state index in [-0.39, 0.29) is 11.9 Å². The molecule has 0 bridgehead atoms. The first-order valence-corrected chi connectivity index (χ1v) is 8.07. The molecule has 4 nitrogen and oxygen atoms in total. The Bertz CT molecular complexity index is 858. The maximum absolute atomic E-state index is 12.8. The number of fused-ring (bicyclic) bond motifs is 1. The van der Waals surface area contributed by atoms with E-state index >= 15 is 0 Å². The minimum atomic E-state index is -0.203. The van der Waals surface area contributed by atoms with Gasteiger partial charge in [0.25, 0.3) is 5.91 Å². The molecule has 0 saturated carbocycles. The SMILES string of the molecule is COCC(NC(=O)c1cc2cc(Cl)ccc2n1C)c1ccccc1. The van der Waals surface area contributed by atoms with Crippen molar-refractivity contribution in [1.82, 2.24) is 9.88 Å². The molecule has 3 rings (SSSR count). The summed E-state index contributed by atoms with van der Waals surface area (Å²) in [6.07, 6.45) is 0. The zero-order chi connectivity index (χ0) is 17.1. The molecule has 0 radical (unpaired) electrons. The number of aryl methyl sites for hydroxylation is 1. The molecule has 0 aliphatic heterocycles. The number of nitrogens with one attached hydrogen (secondary N) is 1. The van der Waals surface area contributed by atoms with Crippen LogP contribution in [0.4, 0.5) is 0 Å². The van der Waals surface area contributed by atoms with Crippen LogP contribution in [0.1, 0.15) is 22.1 Å². The summed E-state index contributed by atoms with van der Waals surface area (Å²) in [5.41, 5.74) is 2.56. The summed E-state index contributed by atoms with van der Waals surface area (Å²) in [6.45, 7) is 0.408. The van der Waals surface area contributed by atoms with Crippen LogP contribution in [0.15, 0.2) is 54.6 Å². The van der Waals surface area contributed by atoms with Gasteiger partial charge in [-0.05, 0) is 29.8 Å². The number of carbonyl (C=O) groups is 1. The van der Waals surface area contributed by atoms with E-state index in [0.717, 1.165) is 16.5 Å². The molecule has 1 N–H and O–H groups in total. The van der Waals surface area contributed by atoms with Crippen LogP contribution >= 0.6 is 11.6 Å². The van der Waals surface area contributed by atoms with Crippen LogP contribution in [-0.4, -0.2) is 24.2 Å². The van der Waals surface area contributed by atoms with Crippen LogP contribution in [0.5, 0.6) is 0 Å². The van der Waals surface area contributed by atoms with E-state index in [9.17, 15) is 4.79 Å². The number of methoxy groups -OCH3 is 1. The highest BCUT2D eigenvalue weighted by atomic mass is 35.5. The molecule has 1 aromatic heterocycles. The molecule has 1 unspecified atom stereocenters. The Labute approximate surface area is 146 Å². The summed E-state index contributed by atoms with van der Waals surface area (Å²) in [5, 5.41) is 4.65. The second kappa shape index (κ2) is 7.07. The van der Waals surface area contributed by atoms with Gasteiger partial charge in [-0.3, -0.25) is 4.79 Å². The van der Waals surface area contributed by atoms with Gasteiger partial charge in [-0.25, -0.2) is 0 Å². The largest absolute Gasteiger partial charge is 0.382 e. The smallest absolute Gasteiger partial charge is 0.268 e. The quantitative estimate of drug-likeness (QED) is 0.763. The maximum atomic E-state index is 12.8. The Balaban J connectivity index is 1.89. The monoisotopic (exact) mass is 342 g/mol. The highest BCUT2D eigenvalue weighted by Gasteiger charge is 2.19. The third kappa shape index (κ3) is 3.30. The lowest BCUT2D eigenvalue weighted by Crippen LogP contribution is -2.32. The summed E-state index contributed by atoms with van der Waals surface area (Å²) in [5.74, 6) is -0.143. The molecule has 2 aromatic carbocycles. The van der Waals surface area contributed by atoms with Crippen LogP contribution < -0.4 is 5.32 Å². The van der Waals surface area contributed by atoms with Crippen molar-refractivity contribution < 1.29 is 9.53 Å². The van der Waals surface area contributed by atoms with Gasteiger partial charge in [0.15, 0.2) is 0 Å². The summed E-state index contributed by atoms with van der Waals surface area (Å²) < 4.78 is 7.13. The fraction of sp³-hybridized carbons (Fsp3) is 0.211. The molecule has 24 heavy (non-hydrogen) atoms. The average Bonchev–Trinajstić information content (AvgIpc) is 2.91. The van der Waals surface area contributed by atoms with E-state index < -0.39 is 0 Å². The van der Waals surface area contributed by atoms with Crippen molar-refractivity contribution in [3.63, 3.8) is 0 Å². The van der Waals surface area contributed by atoms with Crippen molar-refractivity contribution in [2.75, 3.05) is 13.7 Å². The van der Waals surface area contributed by atoms with Gasteiger partial charge < -0.3 is 14.6 Å². The first-order valence-electron chi connectivity index (χ1n) is 7.70. The molecular weight excluding hydrogens is 324 g/mol. The summed E-state index contributed by atoms with van der Waals surface area (Å²) in [6, 6.07) is 17.0. The number of hydrogen-bond donors (Lipinski definition) is 1. The molecule has 0 spiro atoms. The molecule has 0 aliphatic carbocycles. The van der Waals surface area contributed by atoms with E-state index in [0.29, 0.717) is 17.3 Å². The first-order chi connectivity index (χ1) is 11.6. The number of benzene rings is 2. The van der Waals surface area contributed by atoms with Gasteiger partial charge in [0.2, 0.25) is 0 Å². The number of amides is 1. The zero-order valence-corrected chi connectivity index (χ0v) is 14.4. The minimum absolute atomic E-state index is 0.143. The van der Waals surface area contributed by atoms with E-state index in [1.54, 1.807) is 7.11 Å². The van der Waals surface area contributed by atoms with Crippen molar-refractivity contribution in [3.8, 4) is 0 Å². The van der Waals surface area contributed by atoms with Crippen molar-refractivity contribution in [3.05, 3.63) is 70.9 Å². The lowest BCUT2D eigenvalue weighted by atomic mass is 10.1. The molecule has 1 heterocycles. The van der Waals surface area contributed by atoms with Crippen LogP contribution in [-0.2, 0) is 11.8 Å². The molecule has 1 amide bonds. The van der Waals surface area contributed by atoms with Crippen LogP contribution in [0, 0.1) is 0 Å². The van der Waals surface area contributed by atoms with Crippen molar-refractivity contribution >= 4 is 28.4 Å². The third-order valence-corrected chi connectivity index (χ3v) is 4.31. The fourth-order valence-electron chi connectivity index (χ4n) is 2.84. The van der Waals surface area contributed by atoms with Crippen molar-refractivity contribution in [2.24, 2.45) is 7.05 Å². The molecule has 0 saturated heterocycles. The molecule has 0 fully saturated rings. The highest BCUT2D eigenvalue weighted by Crippen LogP contribution is 2.23. The Morgan fingerprint density at radius 3 is 2.67 bits per heavy atom. The van der Waals surface area contributed by atoms with Gasteiger partial charge in [0, 0.05) is 30.1 Å². The van der Waals surface area contributed by atoms with Crippen molar-refractivity contribution in [1.29, 1.82) is 0 Å². The standard InChI is InChI=1S/C19H19ClN2O2/c1-22-17-9-8-15(20)10-14(17)11-18(22)19(23)21-16(12-24-2)13-6-4-3-5-7-13/h3-11,16H,12H2,1-2H3,(H,21,23). The van der Waals surface area contributed by atoms with Gasteiger partial charge in [-0.15, -0.1) is 0 Å². The second-order valence-electron chi connectivity index (χ2n) is 5.68. The normalized spacial score (nSPS) is 12.3. The number of aromatic nitrogens is 1. The zero-order valence-electron chi connectivity index (χ0n) is 13.6. The fourth-order valence-corrected chi connectivity index (χ4v) is 3.02.